The van der Waals surface area contributed by atoms with Gasteiger partial charge in [0.15, 0.2) is 0 Å². The van der Waals surface area contributed by atoms with E-state index in [4.69, 9.17) is 14.2 Å². The van der Waals surface area contributed by atoms with Gasteiger partial charge < -0.3 is 19.5 Å². The van der Waals surface area contributed by atoms with Crippen LogP contribution in [0.3, 0.4) is 0 Å². The molecule has 1 heterocycles. The first kappa shape index (κ1) is 31.9. The van der Waals surface area contributed by atoms with Crippen molar-refractivity contribution in [3.05, 3.63) is 12.2 Å². The molecule has 2 amide bonds. The Kier molecular flexibility index (Phi) is 13.5. The third-order valence-corrected chi connectivity index (χ3v) is 5.01. The number of nitrogens with zero attached hydrogens (tertiary/aromatic N) is 1. The lowest BCUT2D eigenvalue weighted by Gasteiger charge is -2.35. The summed E-state index contributed by atoms with van der Waals surface area (Å²) < 4.78 is 17.2. The first-order valence-electron chi connectivity index (χ1n) is 12.4. The molecule has 1 fully saturated rings. The molecule has 0 aromatic rings. The van der Waals surface area contributed by atoms with E-state index in [2.05, 4.69) is 5.32 Å². The quantitative estimate of drug-likeness (QED) is 0.289. The summed E-state index contributed by atoms with van der Waals surface area (Å²) in [5, 5.41) is 2.63. The lowest BCUT2D eigenvalue weighted by molar-refractivity contribution is -0.160. The average molecular weight is 485 g/mol. The van der Waals surface area contributed by atoms with Gasteiger partial charge in [-0.1, -0.05) is 32.9 Å². The van der Waals surface area contributed by atoms with Crippen LogP contribution < -0.4 is 5.32 Å². The van der Waals surface area contributed by atoms with Crippen LogP contribution in [0.5, 0.6) is 0 Å². The van der Waals surface area contributed by atoms with Crippen LogP contribution in [0.25, 0.3) is 0 Å². The smallest absolute Gasteiger partial charge is 0.411 e. The van der Waals surface area contributed by atoms with E-state index in [0.717, 1.165) is 0 Å². The van der Waals surface area contributed by atoms with E-state index < -0.39 is 29.3 Å². The monoisotopic (exact) mass is 484 g/mol. The number of allylic oxidation sites excluding steroid dienone is 1. The zero-order chi connectivity index (χ0) is 26.7. The number of carbonyl (C=O) groups is 3. The van der Waals surface area contributed by atoms with Gasteiger partial charge >= 0.3 is 12.1 Å². The molecule has 0 spiro atoms. The van der Waals surface area contributed by atoms with Gasteiger partial charge in [0, 0.05) is 18.9 Å². The second-order valence-electron chi connectivity index (χ2n) is 10.2. The van der Waals surface area contributed by atoms with Gasteiger partial charge in [0.2, 0.25) is 5.91 Å². The van der Waals surface area contributed by atoms with Crippen LogP contribution in [0.1, 0.15) is 95.4 Å². The zero-order valence-electron chi connectivity index (χ0n) is 23.2. The summed E-state index contributed by atoms with van der Waals surface area (Å²) in [5.41, 5.74) is -1.37. The van der Waals surface area contributed by atoms with Crippen LogP contribution >= 0.6 is 0 Å². The van der Waals surface area contributed by atoms with Gasteiger partial charge in [-0.25, -0.2) is 9.59 Å². The maximum atomic E-state index is 13.2. The highest BCUT2D eigenvalue weighted by atomic mass is 16.6. The summed E-state index contributed by atoms with van der Waals surface area (Å²) in [6.45, 7) is 20.2. The van der Waals surface area contributed by atoms with E-state index in [1.54, 1.807) is 20.8 Å². The number of hydrogen-bond acceptors (Lipinski definition) is 6. The van der Waals surface area contributed by atoms with Crippen molar-refractivity contribution in [3.63, 3.8) is 0 Å². The fourth-order valence-corrected chi connectivity index (χ4v) is 3.75. The van der Waals surface area contributed by atoms with Gasteiger partial charge in [-0.2, -0.15) is 0 Å². The van der Waals surface area contributed by atoms with Crippen molar-refractivity contribution >= 4 is 18.0 Å². The predicted molar refractivity (Wildman–Crippen MR) is 134 cm³/mol. The molecule has 1 aliphatic rings. The molecule has 0 saturated carbocycles. The second-order valence-corrected chi connectivity index (χ2v) is 10.2. The van der Waals surface area contributed by atoms with Crippen molar-refractivity contribution < 1.29 is 28.6 Å². The first-order chi connectivity index (χ1) is 15.7. The Hall–Kier alpha value is -2.09. The fraction of sp³-hybridized carbons (Fsp3) is 0.808. The summed E-state index contributed by atoms with van der Waals surface area (Å²) in [6, 6.07) is -1.05. The average Bonchev–Trinajstić information content (AvgIpc) is 3.04. The number of ether oxygens (including phenoxy) is 3. The van der Waals surface area contributed by atoms with E-state index in [1.807, 2.05) is 60.6 Å². The number of carbonyl (C=O) groups excluding carboxylic acids is 3. The highest BCUT2D eigenvalue weighted by Gasteiger charge is 2.49. The molecule has 34 heavy (non-hydrogen) atoms. The number of rotatable bonds is 8. The van der Waals surface area contributed by atoms with Crippen LogP contribution in [0.2, 0.25) is 0 Å². The van der Waals surface area contributed by atoms with Crippen molar-refractivity contribution in [2.45, 2.75) is 125 Å². The van der Waals surface area contributed by atoms with Crippen LogP contribution in [-0.2, 0) is 23.8 Å². The minimum absolute atomic E-state index is 0.0524. The molecule has 1 aliphatic heterocycles. The number of esters is 1. The van der Waals surface area contributed by atoms with Crippen molar-refractivity contribution in [2.75, 3.05) is 6.73 Å². The van der Waals surface area contributed by atoms with Gasteiger partial charge in [0.1, 0.15) is 24.0 Å². The van der Waals surface area contributed by atoms with Gasteiger partial charge in [0.05, 0.1) is 6.10 Å². The zero-order valence-corrected chi connectivity index (χ0v) is 23.2. The molecule has 0 radical (unpaired) electrons. The normalized spacial score (nSPS) is 21.5. The second kappa shape index (κ2) is 14.3. The predicted octanol–water partition coefficient (Wildman–Crippen LogP) is 5.20. The minimum atomic E-state index is -0.747. The lowest BCUT2D eigenvalue weighted by atomic mass is 9.93. The largest absolute Gasteiger partial charge is 0.458 e. The molecular formula is C26H48N2O6. The molecule has 4 atom stereocenters. The molecule has 1 N–H and O–H groups in total. The Bertz CT molecular complexity index is 678. The summed E-state index contributed by atoms with van der Waals surface area (Å²) in [6.07, 6.45) is 4.85. The van der Waals surface area contributed by atoms with Crippen molar-refractivity contribution in [1.29, 1.82) is 0 Å². The van der Waals surface area contributed by atoms with Crippen molar-refractivity contribution in [2.24, 2.45) is 5.92 Å². The molecule has 0 bridgehead atoms. The molecular weight excluding hydrogens is 436 g/mol. The number of hydrogen-bond donors (Lipinski definition) is 1. The van der Waals surface area contributed by atoms with Crippen LogP contribution in [0, 0.1) is 5.92 Å². The van der Waals surface area contributed by atoms with E-state index >= 15 is 0 Å². The Morgan fingerprint density at radius 3 is 2.06 bits per heavy atom. The third kappa shape index (κ3) is 11.4. The van der Waals surface area contributed by atoms with E-state index in [0.29, 0.717) is 19.3 Å². The number of amides is 2. The molecule has 1 unspecified atom stereocenters. The van der Waals surface area contributed by atoms with Crippen LogP contribution in [0.15, 0.2) is 12.2 Å². The van der Waals surface area contributed by atoms with E-state index in [9.17, 15) is 14.4 Å². The van der Waals surface area contributed by atoms with Crippen molar-refractivity contribution in [1.82, 2.24) is 10.2 Å². The minimum Gasteiger partial charge on any atom is -0.458 e. The molecule has 0 aromatic carbocycles. The summed E-state index contributed by atoms with van der Waals surface area (Å²) in [4.78, 5) is 39.0. The maximum absolute atomic E-state index is 13.2. The summed E-state index contributed by atoms with van der Waals surface area (Å²) >= 11 is 0. The lowest BCUT2D eigenvalue weighted by Crippen LogP contribution is -2.50. The molecule has 198 valence electrons. The van der Waals surface area contributed by atoms with E-state index in [1.165, 1.54) is 11.8 Å². The third-order valence-electron chi connectivity index (χ3n) is 5.01. The molecule has 0 aliphatic carbocycles. The van der Waals surface area contributed by atoms with Gasteiger partial charge in [0.25, 0.3) is 0 Å². The molecule has 0 aromatic heterocycles. The van der Waals surface area contributed by atoms with Crippen LogP contribution in [-0.4, -0.2) is 59.0 Å². The van der Waals surface area contributed by atoms with Gasteiger partial charge in [-0.15, -0.1) is 0 Å². The fourth-order valence-electron chi connectivity index (χ4n) is 3.75. The topological polar surface area (TPSA) is 94.2 Å². The Labute approximate surface area is 206 Å². The number of nitrogens with one attached hydrogen (secondary N) is 1. The molecule has 8 heteroatoms. The molecule has 1 rings (SSSR count). The van der Waals surface area contributed by atoms with Crippen LogP contribution in [0.4, 0.5) is 4.79 Å². The standard InChI is InChI=1S/C24H42N2O6.C2H6/c1-10-12-17-13-20(21(28)31-23(4,5)6)26(22(29)32-24(7,8)9)19(17)14-18(11-2)30-15-25-16(3)27;1-2/h10,12,17-20H,11,13-15H2,1-9H3,(H,25,27);1-2H3/t17-,18?,19-,20-;/m1./s1. The Morgan fingerprint density at radius 2 is 1.62 bits per heavy atom. The van der Waals surface area contributed by atoms with Gasteiger partial charge in [-0.05, 0) is 67.7 Å². The first-order valence-corrected chi connectivity index (χ1v) is 12.4. The maximum Gasteiger partial charge on any atom is 0.411 e. The van der Waals surface area contributed by atoms with Crippen molar-refractivity contribution in [3.8, 4) is 0 Å². The Balaban J connectivity index is 0.00000529. The molecule has 8 nitrogen and oxygen atoms in total. The highest BCUT2D eigenvalue weighted by Crippen LogP contribution is 2.37. The SMILES string of the molecule is CC.CC=C[C@@H]1C[C@H](C(=O)OC(C)(C)C)N(C(=O)OC(C)(C)C)[C@@H]1CC(CC)OCNC(C)=O. The van der Waals surface area contributed by atoms with Gasteiger partial charge in [-0.3, -0.25) is 9.69 Å². The van der Waals surface area contributed by atoms with E-state index in [-0.39, 0.29) is 30.7 Å². The number of likely N-dealkylation sites (tertiary alicyclic amines) is 1. The molecule has 1 saturated heterocycles. The Morgan fingerprint density at radius 1 is 1.06 bits per heavy atom. The summed E-state index contributed by atoms with van der Waals surface area (Å²) in [7, 11) is 0. The summed E-state index contributed by atoms with van der Waals surface area (Å²) in [5.74, 6) is -0.663. The highest BCUT2D eigenvalue weighted by molar-refractivity contribution is 5.83.